The van der Waals surface area contributed by atoms with E-state index >= 15 is 0 Å². The average molecular weight is 271 g/mol. The van der Waals surface area contributed by atoms with Crippen LogP contribution in [0.15, 0.2) is 48.5 Å². The molecule has 0 aromatic heterocycles. The molecule has 4 nitrogen and oxygen atoms in total. The van der Waals surface area contributed by atoms with Gasteiger partial charge in [-0.3, -0.25) is 0 Å². The molecule has 1 N–H and O–H groups in total. The predicted molar refractivity (Wildman–Crippen MR) is 77.1 cm³/mol. The van der Waals surface area contributed by atoms with Gasteiger partial charge in [0.25, 0.3) is 0 Å². The summed E-state index contributed by atoms with van der Waals surface area (Å²) in [4.78, 5) is 2.11. The predicted octanol–water partition coefficient (Wildman–Crippen LogP) is 2.94. The number of methoxy groups -OCH3 is 1. The summed E-state index contributed by atoms with van der Waals surface area (Å²) in [6, 6.07) is 15.1. The Kier molecular flexibility index (Phi) is 3.48. The number of nitrogens with zero attached hydrogens (tertiary/aromatic N) is 1. The summed E-state index contributed by atoms with van der Waals surface area (Å²) < 4.78 is 11.2. The number of ether oxygens (including phenoxy) is 2. The first-order valence-electron chi connectivity index (χ1n) is 6.60. The number of hydrogen-bond donors (Lipinski definition) is 1. The molecule has 3 rings (SSSR count). The molecule has 4 heteroatoms. The van der Waals surface area contributed by atoms with E-state index < -0.39 is 0 Å². The number of anilines is 1. The fraction of sp³-hybridized carbons (Fsp3) is 0.250. The highest BCUT2D eigenvalue weighted by molar-refractivity contribution is 5.60. The average Bonchev–Trinajstić information content (AvgIpc) is 2.96. The number of rotatable bonds is 3. The molecule has 2 aromatic rings. The SMILES string of the molecule is COc1ccccc1N1CCOC1c1ccccc1O. The van der Waals surface area contributed by atoms with Crippen LogP contribution in [0.25, 0.3) is 0 Å². The Hall–Kier alpha value is -2.20. The number of hydrogen-bond acceptors (Lipinski definition) is 4. The quantitative estimate of drug-likeness (QED) is 0.932. The zero-order chi connectivity index (χ0) is 13.9. The molecule has 0 bridgehead atoms. The van der Waals surface area contributed by atoms with E-state index in [1.54, 1.807) is 19.2 Å². The van der Waals surface area contributed by atoms with E-state index in [4.69, 9.17) is 9.47 Å². The molecule has 1 saturated heterocycles. The van der Waals surface area contributed by atoms with Crippen molar-refractivity contribution in [3.05, 3.63) is 54.1 Å². The first-order valence-corrected chi connectivity index (χ1v) is 6.60. The molecule has 1 fully saturated rings. The second-order valence-electron chi connectivity index (χ2n) is 4.65. The van der Waals surface area contributed by atoms with Gasteiger partial charge in [-0.15, -0.1) is 0 Å². The highest BCUT2D eigenvalue weighted by Crippen LogP contribution is 2.39. The van der Waals surface area contributed by atoms with Crippen molar-refractivity contribution >= 4 is 5.69 Å². The van der Waals surface area contributed by atoms with Crippen LogP contribution in [0, 0.1) is 0 Å². The molecule has 1 aliphatic rings. The fourth-order valence-electron chi connectivity index (χ4n) is 2.54. The Labute approximate surface area is 118 Å². The zero-order valence-corrected chi connectivity index (χ0v) is 11.3. The number of phenols is 1. The Morgan fingerprint density at radius 3 is 2.70 bits per heavy atom. The Morgan fingerprint density at radius 2 is 1.90 bits per heavy atom. The van der Waals surface area contributed by atoms with E-state index in [0.717, 1.165) is 23.5 Å². The van der Waals surface area contributed by atoms with E-state index in [1.807, 2.05) is 36.4 Å². The maximum atomic E-state index is 10.0. The van der Waals surface area contributed by atoms with Gasteiger partial charge in [0.05, 0.1) is 19.4 Å². The summed E-state index contributed by atoms with van der Waals surface area (Å²) in [5, 5.41) is 10.0. The van der Waals surface area contributed by atoms with Gasteiger partial charge in [0.1, 0.15) is 11.5 Å². The van der Waals surface area contributed by atoms with Gasteiger partial charge in [-0.05, 0) is 18.2 Å². The van der Waals surface area contributed by atoms with Crippen LogP contribution in [0.1, 0.15) is 11.8 Å². The molecule has 0 aliphatic carbocycles. The molecule has 20 heavy (non-hydrogen) atoms. The van der Waals surface area contributed by atoms with Gasteiger partial charge in [-0.2, -0.15) is 0 Å². The normalized spacial score (nSPS) is 18.2. The van der Waals surface area contributed by atoms with Crippen LogP contribution in [0.2, 0.25) is 0 Å². The molecule has 1 heterocycles. The Bertz CT molecular complexity index is 600. The molecule has 0 spiro atoms. The maximum absolute atomic E-state index is 10.0. The molecule has 1 atom stereocenters. The minimum atomic E-state index is -0.285. The highest BCUT2D eigenvalue weighted by Gasteiger charge is 2.30. The third-order valence-corrected chi connectivity index (χ3v) is 3.49. The van der Waals surface area contributed by atoms with E-state index in [1.165, 1.54) is 0 Å². The summed E-state index contributed by atoms with van der Waals surface area (Å²) in [6.07, 6.45) is -0.285. The van der Waals surface area contributed by atoms with Gasteiger partial charge in [-0.25, -0.2) is 0 Å². The van der Waals surface area contributed by atoms with Gasteiger partial charge < -0.3 is 19.5 Å². The second-order valence-corrected chi connectivity index (χ2v) is 4.65. The first kappa shape index (κ1) is 12.8. The molecular weight excluding hydrogens is 254 g/mol. The first-order chi connectivity index (χ1) is 9.81. The molecule has 0 amide bonds. The van der Waals surface area contributed by atoms with Crippen LogP contribution in [0.3, 0.4) is 0 Å². The summed E-state index contributed by atoms with van der Waals surface area (Å²) in [6.45, 7) is 1.39. The van der Waals surface area contributed by atoms with Gasteiger partial charge in [0.15, 0.2) is 6.23 Å². The van der Waals surface area contributed by atoms with Crippen molar-refractivity contribution in [3.63, 3.8) is 0 Å². The van der Waals surface area contributed by atoms with Crippen LogP contribution in [0.5, 0.6) is 11.5 Å². The van der Waals surface area contributed by atoms with Crippen LogP contribution >= 0.6 is 0 Å². The smallest absolute Gasteiger partial charge is 0.160 e. The number of phenolic OH excluding ortho intramolecular Hbond substituents is 1. The molecule has 0 saturated carbocycles. The van der Waals surface area contributed by atoms with Crippen LogP contribution in [-0.4, -0.2) is 25.4 Å². The Balaban J connectivity index is 1.99. The summed E-state index contributed by atoms with van der Waals surface area (Å²) in [5.41, 5.74) is 1.75. The lowest BCUT2D eigenvalue weighted by molar-refractivity contribution is 0.111. The molecule has 0 radical (unpaired) electrons. The molecule has 1 unspecified atom stereocenters. The monoisotopic (exact) mass is 271 g/mol. The van der Waals surface area contributed by atoms with Crippen molar-refractivity contribution in [2.75, 3.05) is 25.2 Å². The van der Waals surface area contributed by atoms with Gasteiger partial charge in [-0.1, -0.05) is 30.3 Å². The van der Waals surface area contributed by atoms with Crippen LogP contribution < -0.4 is 9.64 Å². The lowest BCUT2D eigenvalue weighted by atomic mass is 10.1. The molecule has 104 valence electrons. The third-order valence-electron chi connectivity index (χ3n) is 3.49. The summed E-state index contributed by atoms with van der Waals surface area (Å²) in [5.74, 6) is 1.05. The minimum absolute atomic E-state index is 0.249. The minimum Gasteiger partial charge on any atom is -0.507 e. The van der Waals surface area contributed by atoms with Crippen molar-refractivity contribution in [1.82, 2.24) is 0 Å². The standard InChI is InChI=1S/C16H17NO3/c1-19-15-9-5-3-7-13(15)17-10-11-20-16(17)12-6-2-4-8-14(12)18/h2-9,16,18H,10-11H2,1H3. The van der Waals surface area contributed by atoms with Gasteiger partial charge in [0, 0.05) is 12.1 Å². The number of para-hydroxylation sites is 3. The number of aromatic hydroxyl groups is 1. The van der Waals surface area contributed by atoms with Crippen molar-refractivity contribution < 1.29 is 14.6 Å². The van der Waals surface area contributed by atoms with Crippen molar-refractivity contribution in [2.45, 2.75) is 6.23 Å². The van der Waals surface area contributed by atoms with E-state index in [2.05, 4.69) is 4.90 Å². The largest absolute Gasteiger partial charge is 0.507 e. The molecular formula is C16H17NO3. The van der Waals surface area contributed by atoms with E-state index in [0.29, 0.717) is 6.61 Å². The van der Waals surface area contributed by atoms with Crippen molar-refractivity contribution in [3.8, 4) is 11.5 Å². The third kappa shape index (κ3) is 2.18. The fourth-order valence-corrected chi connectivity index (χ4v) is 2.54. The van der Waals surface area contributed by atoms with Crippen LogP contribution in [0.4, 0.5) is 5.69 Å². The van der Waals surface area contributed by atoms with Crippen molar-refractivity contribution in [1.29, 1.82) is 0 Å². The lowest BCUT2D eigenvalue weighted by Gasteiger charge is -2.27. The lowest BCUT2D eigenvalue weighted by Crippen LogP contribution is -2.23. The van der Waals surface area contributed by atoms with E-state index in [-0.39, 0.29) is 12.0 Å². The van der Waals surface area contributed by atoms with Gasteiger partial charge in [0.2, 0.25) is 0 Å². The summed E-state index contributed by atoms with van der Waals surface area (Å²) >= 11 is 0. The maximum Gasteiger partial charge on any atom is 0.160 e. The topological polar surface area (TPSA) is 41.9 Å². The molecule has 1 aliphatic heterocycles. The Morgan fingerprint density at radius 1 is 1.15 bits per heavy atom. The van der Waals surface area contributed by atoms with E-state index in [9.17, 15) is 5.11 Å². The van der Waals surface area contributed by atoms with Crippen LogP contribution in [-0.2, 0) is 4.74 Å². The summed E-state index contributed by atoms with van der Waals surface area (Å²) in [7, 11) is 1.66. The highest BCUT2D eigenvalue weighted by atomic mass is 16.5. The number of benzene rings is 2. The second kappa shape index (κ2) is 5.43. The molecule has 2 aromatic carbocycles. The van der Waals surface area contributed by atoms with Gasteiger partial charge >= 0.3 is 0 Å². The zero-order valence-electron chi connectivity index (χ0n) is 11.3. The van der Waals surface area contributed by atoms with Crippen molar-refractivity contribution in [2.24, 2.45) is 0 Å².